The van der Waals surface area contributed by atoms with Crippen LogP contribution in [0.2, 0.25) is 0 Å². The molecule has 2 N–H and O–H groups in total. The molecular formula is C7H9F3N2S. The summed E-state index contributed by atoms with van der Waals surface area (Å²) in [5, 5.41) is -0.784. The molecule has 13 heavy (non-hydrogen) atoms. The quantitative estimate of drug-likeness (QED) is 0.810. The zero-order chi connectivity index (χ0) is 10.1. The molecule has 1 rings (SSSR count). The van der Waals surface area contributed by atoms with Crippen molar-refractivity contribution in [3.05, 3.63) is 15.6 Å². The van der Waals surface area contributed by atoms with Crippen LogP contribution in [0.3, 0.4) is 0 Å². The molecule has 1 aromatic heterocycles. The van der Waals surface area contributed by atoms with Gasteiger partial charge in [-0.1, -0.05) is 0 Å². The molecule has 1 heterocycles. The molecule has 0 aliphatic carbocycles. The van der Waals surface area contributed by atoms with Crippen molar-refractivity contribution in [3.8, 4) is 0 Å². The van der Waals surface area contributed by atoms with Crippen molar-refractivity contribution in [2.24, 2.45) is 5.73 Å². The summed E-state index contributed by atoms with van der Waals surface area (Å²) in [5.41, 5.74) is 5.69. The molecule has 0 aliphatic rings. The van der Waals surface area contributed by atoms with Gasteiger partial charge in [-0.3, -0.25) is 0 Å². The highest BCUT2D eigenvalue weighted by atomic mass is 32.1. The molecule has 1 aromatic rings. The van der Waals surface area contributed by atoms with Gasteiger partial charge in [0.25, 0.3) is 0 Å². The number of thiazole rings is 1. The lowest BCUT2D eigenvalue weighted by Crippen LogP contribution is -2.07. The van der Waals surface area contributed by atoms with Crippen LogP contribution in [0, 0.1) is 6.92 Å². The summed E-state index contributed by atoms with van der Waals surface area (Å²) in [6, 6.07) is 0. The van der Waals surface area contributed by atoms with Crippen molar-refractivity contribution in [1.29, 1.82) is 0 Å². The van der Waals surface area contributed by atoms with E-state index in [4.69, 9.17) is 5.73 Å². The number of aryl methyl sites for hydroxylation is 1. The molecule has 0 saturated heterocycles. The zero-order valence-electron chi connectivity index (χ0n) is 6.98. The number of aromatic nitrogens is 1. The minimum Gasteiger partial charge on any atom is -0.330 e. The van der Waals surface area contributed by atoms with E-state index in [0.29, 0.717) is 34.9 Å². The van der Waals surface area contributed by atoms with Crippen molar-refractivity contribution in [1.82, 2.24) is 4.98 Å². The predicted molar refractivity (Wildman–Crippen MR) is 44.6 cm³/mol. The summed E-state index contributed by atoms with van der Waals surface area (Å²) < 4.78 is 36.4. The molecular weight excluding hydrogens is 201 g/mol. The van der Waals surface area contributed by atoms with Crippen molar-refractivity contribution in [2.45, 2.75) is 19.5 Å². The van der Waals surface area contributed by atoms with Gasteiger partial charge in [-0.15, -0.1) is 11.3 Å². The second-order valence-corrected chi connectivity index (χ2v) is 3.76. The summed E-state index contributed by atoms with van der Waals surface area (Å²) in [7, 11) is 0. The van der Waals surface area contributed by atoms with E-state index < -0.39 is 11.2 Å². The van der Waals surface area contributed by atoms with E-state index in [-0.39, 0.29) is 0 Å². The molecule has 0 bridgehead atoms. The standard InChI is InChI=1S/C7H9F3N2S/c1-4-5(2-3-11)12-6(13-4)7(8,9)10/h2-3,11H2,1H3. The van der Waals surface area contributed by atoms with Crippen molar-refractivity contribution in [3.63, 3.8) is 0 Å². The first-order valence-corrected chi connectivity index (χ1v) is 4.50. The number of hydrogen-bond donors (Lipinski definition) is 1. The molecule has 0 spiro atoms. The van der Waals surface area contributed by atoms with Crippen LogP contribution in [0.15, 0.2) is 0 Å². The Kier molecular flexibility index (Phi) is 2.92. The van der Waals surface area contributed by atoms with Crippen LogP contribution in [0.5, 0.6) is 0 Å². The third-order valence-corrected chi connectivity index (χ3v) is 2.57. The van der Waals surface area contributed by atoms with E-state index in [2.05, 4.69) is 4.98 Å². The second-order valence-electron chi connectivity index (χ2n) is 2.56. The van der Waals surface area contributed by atoms with Gasteiger partial charge in [0.1, 0.15) is 0 Å². The fraction of sp³-hybridized carbons (Fsp3) is 0.571. The minimum absolute atomic E-state index is 0.321. The number of hydrogen-bond acceptors (Lipinski definition) is 3. The van der Waals surface area contributed by atoms with Gasteiger partial charge < -0.3 is 5.73 Å². The third kappa shape index (κ3) is 2.41. The topological polar surface area (TPSA) is 38.9 Å². The highest BCUT2D eigenvalue weighted by molar-refractivity contribution is 7.11. The van der Waals surface area contributed by atoms with E-state index in [1.54, 1.807) is 6.92 Å². The fourth-order valence-electron chi connectivity index (χ4n) is 0.918. The van der Waals surface area contributed by atoms with Crippen LogP contribution in [-0.2, 0) is 12.6 Å². The summed E-state index contributed by atoms with van der Waals surface area (Å²) in [6.45, 7) is 1.94. The smallest absolute Gasteiger partial charge is 0.330 e. The Hall–Kier alpha value is -0.620. The Morgan fingerprint density at radius 1 is 1.46 bits per heavy atom. The monoisotopic (exact) mass is 210 g/mol. The Bertz CT molecular complexity index is 292. The maximum atomic E-state index is 12.1. The SMILES string of the molecule is Cc1sc(C(F)(F)F)nc1CCN. The largest absolute Gasteiger partial charge is 0.443 e. The maximum absolute atomic E-state index is 12.1. The van der Waals surface area contributed by atoms with E-state index in [9.17, 15) is 13.2 Å². The van der Waals surface area contributed by atoms with Gasteiger partial charge in [-0.25, -0.2) is 4.98 Å². The van der Waals surface area contributed by atoms with E-state index in [1.165, 1.54) is 0 Å². The first kappa shape index (κ1) is 10.5. The summed E-state index contributed by atoms with van der Waals surface area (Å²) in [6.07, 6.45) is -3.93. The number of alkyl halides is 3. The molecule has 0 amide bonds. The Labute approximate surface area is 77.6 Å². The number of nitrogens with two attached hydrogens (primary N) is 1. The third-order valence-electron chi connectivity index (χ3n) is 1.52. The van der Waals surface area contributed by atoms with Crippen LogP contribution < -0.4 is 5.73 Å². The van der Waals surface area contributed by atoms with E-state index >= 15 is 0 Å². The van der Waals surface area contributed by atoms with Gasteiger partial charge in [0.15, 0.2) is 5.01 Å². The average Bonchev–Trinajstić information content (AvgIpc) is 2.32. The molecule has 6 heteroatoms. The summed E-state index contributed by atoms with van der Waals surface area (Å²) in [5.74, 6) is 0. The zero-order valence-corrected chi connectivity index (χ0v) is 7.80. The molecule has 0 aromatic carbocycles. The number of halogens is 3. The van der Waals surface area contributed by atoms with E-state index in [0.717, 1.165) is 0 Å². The highest BCUT2D eigenvalue weighted by Crippen LogP contribution is 2.33. The first-order chi connectivity index (χ1) is 5.95. The lowest BCUT2D eigenvalue weighted by molar-refractivity contribution is -0.137. The predicted octanol–water partition coefficient (Wildman–Crippen LogP) is 1.97. The van der Waals surface area contributed by atoms with Crippen LogP contribution in [-0.4, -0.2) is 11.5 Å². The molecule has 2 nitrogen and oxygen atoms in total. The Morgan fingerprint density at radius 3 is 2.46 bits per heavy atom. The fourth-order valence-corrected chi connectivity index (χ4v) is 1.75. The highest BCUT2D eigenvalue weighted by Gasteiger charge is 2.35. The van der Waals surface area contributed by atoms with Gasteiger partial charge >= 0.3 is 6.18 Å². The Morgan fingerprint density at radius 2 is 2.08 bits per heavy atom. The maximum Gasteiger partial charge on any atom is 0.443 e. The minimum atomic E-state index is -4.33. The van der Waals surface area contributed by atoms with Gasteiger partial charge in [0.05, 0.1) is 5.69 Å². The van der Waals surface area contributed by atoms with E-state index in [1.807, 2.05) is 0 Å². The number of nitrogens with zero attached hydrogens (tertiary/aromatic N) is 1. The normalized spacial score (nSPS) is 12.1. The molecule has 0 fully saturated rings. The van der Waals surface area contributed by atoms with Crippen LogP contribution in [0.25, 0.3) is 0 Å². The van der Waals surface area contributed by atoms with Crippen LogP contribution >= 0.6 is 11.3 Å². The first-order valence-electron chi connectivity index (χ1n) is 3.68. The lowest BCUT2D eigenvalue weighted by atomic mass is 10.3. The molecule has 74 valence electrons. The van der Waals surface area contributed by atoms with Crippen molar-refractivity contribution >= 4 is 11.3 Å². The molecule has 0 saturated carbocycles. The number of rotatable bonds is 2. The molecule has 0 radical (unpaired) electrons. The van der Waals surface area contributed by atoms with Crippen molar-refractivity contribution < 1.29 is 13.2 Å². The summed E-state index contributed by atoms with van der Waals surface area (Å²) in [4.78, 5) is 4.08. The van der Waals surface area contributed by atoms with Crippen molar-refractivity contribution in [2.75, 3.05) is 6.54 Å². The lowest BCUT2D eigenvalue weighted by Gasteiger charge is -1.98. The molecule has 0 aliphatic heterocycles. The van der Waals surface area contributed by atoms with Crippen LogP contribution in [0.1, 0.15) is 15.6 Å². The van der Waals surface area contributed by atoms with Gasteiger partial charge in [0, 0.05) is 11.3 Å². The average molecular weight is 210 g/mol. The van der Waals surface area contributed by atoms with Gasteiger partial charge in [0.2, 0.25) is 0 Å². The van der Waals surface area contributed by atoms with Gasteiger partial charge in [-0.2, -0.15) is 13.2 Å². The molecule has 0 atom stereocenters. The Balaban J connectivity index is 2.95. The second kappa shape index (κ2) is 3.63. The van der Waals surface area contributed by atoms with Gasteiger partial charge in [-0.05, 0) is 13.5 Å². The van der Waals surface area contributed by atoms with Crippen LogP contribution in [0.4, 0.5) is 13.2 Å². The summed E-state index contributed by atoms with van der Waals surface area (Å²) >= 11 is 0.670. The molecule has 0 unspecified atom stereocenters.